The molecule has 0 saturated heterocycles. The van der Waals surface area contributed by atoms with Crippen molar-refractivity contribution in [2.45, 2.75) is 63.4 Å². The lowest BCUT2D eigenvalue weighted by molar-refractivity contribution is 0.344. The van der Waals surface area contributed by atoms with Crippen LogP contribution in [0.5, 0.6) is 0 Å². The molecular formula is C22H29ClN2O2S. The second kappa shape index (κ2) is 8.85. The molecule has 3 rings (SSSR count). The number of halogens is 1. The summed E-state index contributed by atoms with van der Waals surface area (Å²) in [7, 11) is -3.59. The van der Waals surface area contributed by atoms with Gasteiger partial charge in [-0.2, -0.15) is 0 Å². The van der Waals surface area contributed by atoms with Crippen LogP contribution >= 0.6 is 11.6 Å². The molecule has 0 bridgehead atoms. The molecule has 0 amide bonds. The molecule has 0 aliphatic heterocycles. The van der Waals surface area contributed by atoms with Crippen LogP contribution in [-0.4, -0.2) is 27.0 Å². The number of nitrogens with one attached hydrogen (secondary N) is 1. The highest BCUT2D eigenvalue weighted by atomic mass is 35.5. The number of benzene rings is 2. The molecule has 2 aromatic rings. The van der Waals surface area contributed by atoms with Gasteiger partial charge in [-0.05, 0) is 69.0 Å². The highest BCUT2D eigenvalue weighted by Crippen LogP contribution is 2.32. The lowest BCUT2D eigenvalue weighted by Gasteiger charge is -2.42. The van der Waals surface area contributed by atoms with Crippen molar-refractivity contribution in [2.24, 2.45) is 0 Å². The Morgan fingerprint density at radius 3 is 2.25 bits per heavy atom. The van der Waals surface area contributed by atoms with Crippen molar-refractivity contribution in [3.63, 3.8) is 0 Å². The van der Waals surface area contributed by atoms with E-state index in [1.165, 1.54) is 16.8 Å². The van der Waals surface area contributed by atoms with Crippen molar-refractivity contribution < 1.29 is 8.42 Å². The quantitative estimate of drug-likeness (QED) is 0.709. The van der Waals surface area contributed by atoms with Gasteiger partial charge < -0.3 is 4.90 Å². The molecule has 2 atom stereocenters. The Kier molecular flexibility index (Phi) is 6.69. The second-order valence-corrected chi connectivity index (χ2v) is 9.71. The van der Waals surface area contributed by atoms with Gasteiger partial charge >= 0.3 is 0 Å². The lowest BCUT2D eigenvalue weighted by atomic mass is 9.88. The summed E-state index contributed by atoms with van der Waals surface area (Å²) in [5.74, 6) is 0. The first-order chi connectivity index (χ1) is 13.3. The van der Waals surface area contributed by atoms with Crippen LogP contribution in [0.15, 0.2) is 47.4 Å². The molecule has 4 nitrogen and oxygen atoms in total. The first kappa shape index (κ1) is 21.2. The van der Waals surface area contributed by atoms with Gasteiger partial charge in [0.2, 0.25) is 10.0 Å². The molecule has 1 saturated carbocycles. The summed E-state index contributed by atoms with van der Waals surface area (Å²) < 4.78 is 28.9. The van der Waals surface area contributed by atoms with E-state index in [-0.39, 0.29) is 17.0 Å². The number of likely N-dealkylation sites (N-methyl/N-ethyl adjacent to an activating group) is 1. The number of nitrogens with zero attached hydrogens (tertiary/aromatic N) is 1. The predicted octanol–water partition coefficient (Wildman–Crippen LogP) is 5.07. The maximum absolute atomic E-state index is 13.0. The van der Waals surface area contributed by atoms with Crippen LogP contribution in [0.3, 0.4) is 0 Å². The van der Waals surface area contributed by atoms with Crippen LogP contribution in [0.4, 0.5) is 5.69 Å². The summed E-state index contributed by atoms with van der Waals surface area (Å²) in [5, 5.41) is 0.529. The molecule has 28 heavy (non-hydrogen) atoms. The molecule has 1 aliphatic rings. The Morgan fingerprint density at radius 1 is 1.04 bits per heavy atom. The van der Waals surface area contributed by atoms with Crippen LogP contribution in [0, 0.1) is 13.8 Å². The van der Waals surface area contributed by atoms with E-state index in [0.29, 0.717) is 5.02 Å². The van der Waals surface area contributed by atoms with E-state index in [0.717, 1.165) is 32.2 Å². The molecule has 2 aromatic carbocycles. The van der Waals surface area contributed by atoms with E-state index in [9.17, 15) is 8.42 Å². The fraction of sp³-hybridized carbons (Fsp3) is 0.455. The van der Waals surface area contributed by atoms with Crippen molar-refractivity contribution in [1.82, 2.24) is 4.72 Å². The Hall–Kier alpha value is -1.56. The number of anilines is 1. The number of hydrogen-bond donors (Lipinski definition) is 1. The molecule has 0 aromatic heterocycles. The molecular weight excluding hydrogens is 392 g/mol. The summed E-state index contributed by atoms with van der Waals surface area (Å²) in [6.07, 6.45) is 3.98. The normalized spacial score (nSPS) is 20.1. The van der Waals surface area contributed by atoms with Gasteiger partial charge in [0.05, 0.1) is 4.90 Å². The van der Waals surface area contributed by atoms with E-state index in [1.807, 2.05) is 0 Å². The van der Waals surface area contributed by atoms with Gasteiger partial charge in [-0.25, -0.2) is 13.1 Å². The van der Waals surface area contributed by atoms with Crippen LogP contribution in [0.2, 0.25) is 5.02 Å². The molecule has 0 heterocycles. The minimum Gasteiger partial charge on any atom is -0.367 e. The average Bonchev–Trinajstić information content (AvgIpc) is 2.66. The standard InChI is InChI=1S/C22H29ClN2O2S/c1-4-25(22-16(2)8-7-9-17(22)3)21-11-6-5-10-20(21)24-28(26,27)19-14-12-18(23)13-15-19/h7-9,12-15,20-21,24H,4-6,10-11H2,1-3H3/t20-,21+/m0/s1. The molecule has 0 unspecified atom stereocenters. The summed E-state index contributed by atoms with van der Waals surface area (Å²) in [4.78, 5) is 2.65. The molecule has 1 aliphatic carbocycles. The summed E-state index contributed by atoms with van der Waals surface area (Å²) >= 11 is 5.91. The third-order valence-corrected chi connectivity index (χ3v) is 7.39. The van der Waals surface area contributed by atoms with Crippen LogP contribution in [0.1, 0.15) is 43.7 Å². The highest BCUT2D eigenvalue weighted by Gasteiger charge is 2.34. The van der Waals surface area contributed by atoms with Gasteiger partial charge in [0, 0.05) is 29.3 Å². The monoisotopic (exact) mass is 420 g/mol. The maximum atomic E-state index is 13.0. The first-order valence-electron chi connectivity index (χ1n) is 9.94. The SMILES string of the molecule is CCN(c1c(C)cccc1C)[C@@H]1CCCC[C@@H]1NS(=O)(=O)c1ccc(Cl)cc1. The summed E-state index contributed by atoms with van der Waals surface area (Å²) in [5.41, 5.74) is 3.69. The van der Waals surface area contributed by atoms with Crippen molar-refractivity contribution in [1.29, 1.82) is 0 Å². The number of rotatable bonds is 6. The Bertz CT molecular complexity index is 892. The third kappa shape index (κ3) is 4.53. The lowest BCUT2D eigenvalue weighted by Crippen LogP contribution is -2.53. The molecule has 0 spiro atoms. The average molecular weight is 421 g/mol. The van der Waals surface area contributed by atoms with Gasteiger partial charge in [0.1, 0.15) is 0 Å². The Morgan fingerprint density at radius 2 is 1.64 bits per heavy atom. The number of sulfonamides is 1. The Labute approximate surface area is 174 Å². The zero-order valence-electron chi connectivity index (χ0n) is 16.8. The van der Waals surface area contributed by atoms with Crippen molar-refractivity contribution in [2.75, 3.05) is 11.4 Å². The van der Waals surface area contributed by atoms with E-state index < -0.39 is 10.0 Å². The largest absolute Gasteiger partial charge is 0.367 e. The minimum absolute atomic E-state index is 0.117. The third-order valence-electron chi connectivity index (χ3n) is 5.63. The predicted molar refractivity (Wildman–Crippen MR) is 117 cm³/mol. The fourth-order valence-corrected chi connectivity index (χ4v) is 5.75. The molecule has 1 fully saturated rings. The van der Waals surface area contributed by atoms with Gasteiger partial charge in [-0.1, -0.05) is 42.6 Å². The number of hydrogen-bond acceptors (Lipinski definition) is 3. The zero-order chi connectivity index (χ0) is 20.3. The smallest absolute Gasteiger partial charge is 0.240 e. The zero-order valence-corrected chi connectivity index (χ0v) is 18.4. The highest BCUT2D eigenvalue weighted by molar-refractivity contribution is 7.89. The van der Waals surface area contributed by atoms with Crippen molar-refractivity contribution in [3.8, 4) is 0 Å². The van der Waals surface area contributed by atoms with E-state index in [4.69, 9.17) is 11.6 Å². The number of para-hydroxylation sites is 1. The van der Waals surface area contributed by atoms with Crippen LogP contribution in [-0.2, 0) is 10.0 Å². The summed E-state index contributed by atoms with van der Waals surface area (Å²) in [6, 6.07) is 12.7. The maximum Gasteiger partial charge on any atom is 0.240 e. The van der Waals surface area contributed by atoms with Gasteiger partial charge in [0.15, 0.2) is 0 Å². The van der Waals surface area contributed by atoms with Gasteiger partial charge in [-0.15, -0.1) is 0 Å². The molecule has 152 valence electrons. The van der Waals surface area contributed by atoms with Gasteiger partial charge in [-0.3, -0.25) is 0 Å². The number of aryl methyl sites for hydroxylation is 2. The van der Waals surface area contributed by atoms with Crippen molar-refractivity contribution in [3.05, 3.63) is 58.6 Å². The Balaban J connectivity index is 1.90. The van der Waals surface area contributed by atoms with Gasteiger partial charge in [0.25, 0.3) is 0 Å². The fourth-order valence-electron chi connectivity index (χ4n) is 4.32. The van der Waals surface area contributed by atoms with Crippen LogP contribution in [0.25, 0.3) is 0 Å². The van der Waals surface area contributed by atoms with Crippen molar-refractivity contribution >= 4 is 27.3 Å². The summed E-state index contributed by atoms with van der Waals surface area (Å²) in [6.45, 7) is 7.24. The van der Waals surface area contributed by atoms with Crippen LogP contribution < -0.4 is 9.62 Å². The van der Waals surface area contributed by atoms with E-state index >= 15 is 0 Å². The van der Waals surface area contributed by atoms with E-state index in [1.54, 1.807) is 24.3 Å². The minimum atomic E-state index is -3.59. The van der Waals surface area contributed by atoms with E-state index in [2.05, 4.69) is 48.6 Å². The second-order valence-electron chi connectivity index (χ2n) is 7.56. The topological polar surface area (TPSA) is 49.4 Å². The molecule has 6 heteroatoms. The molecule has 0 radical (unpaired) electrons. The first-order valence-corrected chi connectivity index (χ1v) is 11.8. The molecule has 1 N–H and O–H groups in total.